The molecule has 2 aromatic carbocycles. The quantitative estimate of drug-likeness (QED) is 0.764. The minimum atomic E-state index is -0.126. The average Bonchev–Trinajstić information content (AvgIpc) is 2.50. The molecule has 110 valence electrons. The third-order valence-corrected chi connectivity index (χ3v) is 3.16. The van der Waals surface area contributed by atoms with Gasteiger partial charge in [0.15, 0.2) is 0 Å². The van der Waals surface area contributed by atoms with E-state index < -0.39 is 0 Å². The summed E-state index contributed by atoms with van der Waals surface area (Å²) in [5.74, 6) is 0.0339. The Kier molecular flexibility index (Phi) is 5.21. The Bertz CT molecular complexity index is 577. The predicted octanol–water partition coefficient (Wildman–Crippen LogP) is 2.80. The van der Waals surface area contributed by atoms with Crippen LogP contribution in [-0.4, -0.2) is 24.1 Å². The fourth-order valence-electron chi connectivity index (χ4n) is 2.03. The molecular formula is C17H20N2O2. The van der Waals surface area contributed by atoms with Crippen LogP contribution in [0.2, 0.25) is 0 Å². The first-order chi connectivity index (χ1) is 10.2. The van der Waals surface area contributed by atoms with Gasteiger partial charge in [0, 0.05) is 24.3 Å². The van der Waals surface area contributed by atoms with E-state index >= 15 is 0 Å². The first-order valence-electron chi connectivity index (χ1n) is 7.09. The van der Waals surface area contributed by atoms with Crippen molar-refractivity contribution in [2.24, 2.45) is 0 Å². The lowest BCUT2D eigenvalue weighted by Crippen LogP contribution is -2.25. The summed E-state index contributed by atoms with van der Waals surface area (Å²) in [6.45, 7) is 3.55. The molecule has 0 radical (unpaired) electrons. The van der Waals surface area contributed by atoms with Gasteiger partial charge in [-0.25, -0.2) is 0 Å². The Morgan fingerprint density at radius 1 is 1.05 bits per heavy atom. The molecule has 0 unspecified atom stereocenters. The number of carbonyl (C=O) groups is 1. The van der Waals surface area contributed by atoms with Crippen LogP contribution in [0.15, 0.2) is 48.5 Å². The van der Waals surface area contributed by atoms with Gasteiger partial charge in [0.25, 0.3) is 5.91 Å². The highest BCUT2D eigenvalue weighted by atomic mass is 16.3. The van der Waals surface area contributed by atoms with Gasteiger partial charge in [0.1, 0.15) is 5.75 Å². The van der Waals surface area contributed by atoms with E-state index in [2.05, 4.69) is 29.7 Å². The van der Waals surface area contributed by atoms with Crippen LogP contribution >= 0.6 is 0 Å². The molecule has 2 aromatic rings. The van der Waals surface area contributed by atoms with Crippen molar-refractivity contribution in [3.05, 3.63) is 59.7 Å². The van der Waals surface area contributed by atoms with Gasteiger partial charge in [-0.15, -0.1) is 0 Å². The molecule has 0 aliphatic rings. The summed E-state index contributed by atoms with van der Waals surface area (Å²) in [7, 11) is 0. The summed E-state index contributed by atoms with van der Waals surface area (Å²) in [6.07, 6.45) is 0.788. The van der Waals surface area contributed by atoms with Crippen molar-refractivity contribution in [2.75, 3.05) is 18.4 Å². The number of phenols is 1. The number of amides is 1. The number of carbonyl (C=O) groups excluding carboxylic acids is 1. The van der Waals surface area contributed by atoms with Crippen LogP contribution in [0, 0.1) is 0 Å². The summed E-state index contributed by atoms with van der Waals surface area (Å²) in [5.41, 5.74) is 2.84. The maximum absolute atomic E-state index is 11.9. The second-order valence-electron chi connectivity index (χ2n) is 4.78. The molecule has 0 spiro atoms. The molecule has 0 aliphatic carbocycles. The molecule has 4 heteroatoms. The van der Waals surface area contributed by atoms with Crippen molar-refractivity contribution in [1.29, 1.82) is 0 Å². The topological polar surface area (TPSA) is 61.4 Å². The summed E-state index contributed by atoms with van der Waals surface area (Å²) < 4.78 is 0. The summed E-state index contributed by atoms with van der Waals surface area (Å²) in [4.78, 5) is 11.9. The van der Waals surface area contributed by atoms with Crippen LogP contribution in [0.25, 0.3) is 0 Å². The van der Waals surface area contributed by atoms with E-state index in [-0.39, 0.29) is 11.7 Å². The van der Waals surface area contributed by atoms with Crippen LogP contribution < -0.4 is 10.6 Å². The van der Waals surface area contributed by atoms with Gasteiger partial charge in [0.2, 0.25) is 0 Å². The molecule has 3 N–H and O–H groups in total. The maximum Gasteiger partial charge on any atom is 0.251 e. The molecule has 0 bridgehead atoms. The smallest absolute Gasteiger partial charge is 0.251 e. The van der Waals surface area contributed by atoms with Crippen molar-refractivity contribution in [3.63, 3.8) is 0 Å². The van der Waals surface area contributed by atoms with Crippen LogP contribution in [0.1, 0.15) is 22.8 Å². The average molecular weight is 284 g/mol. The van der Waals surface area contributed by atoms with Crippen molar-refractivity contribution < 1.29 is 9.90 Å². The highest BCUT2D eigenvalue weighted by Gasteiger charge is 2.04. The molecule has 0 aromatic heterocycles. The number of aromatic hydroxyl groups is 1. The van der Waals surface area contributed by atoms with Crippen LogP contribution in [0.5, 0.6) is 5.75 Å². The monoisotopic (exact) mass is 284 g/mol. The Hall–Kier alpha value is -2.49. The first kappa shape index (κ1) is 14.9. The van der Waals surface area contributed by atoms with E-state index in [1.54, 1.807) is 12.1 Å². The van der Waals surface area contributed by atoms with Crippen molar-refractivity contribution in [3.8, 4) is 5.75 Å². The number of hydrogen-bond acceptors (Lipinski definition) is 3. The molecule has 2 rings (SSSR count). The van der Waals surface area contributed by atoms with Gasteiger partial charge in [-0.2, -0.15) is 0 Å². The van der Waals surface area contributed by atoms with Crippen LogP contribution in [-0.2, 0) is 6.42 Å². The van der Waals surface area contributed by atoms with Gasteiger partial charge in [-0.1, -0.05) is 12.1 Å². The molecule has 21 heavy (non-hydrogen) atoms. The molecule has 0 saturated heterocycles. The third-order valence-electron chi connectivity index (χ3n) is 3.16. The second kappa shape index (κ2) is 7.33. The first-order valence-corrected chi connectivity index (χ1v) is 7.09. The molecule has 0 fully saturated rings. The molecule has 0 atom stereocenters. The standard InChI is InChI=1S/C17H20N2O2/c1-2-18-15-7-3-13(4-8-15)11-12-19-17(21)14-5-9-16(20)10-6-14/h3-10,18,20H,2,11-12H2,1H3,(H,19,21). The second-order valence-corrected chi connectivity index (χ2v) is 4.78. The highest BCUT2D eigenvalue weighted by Crippen LogP contribution is 2.10. The Morgan fingerprint density at radius 3 is 2.33 bits per heavy atom. The third kappa shape index (κ3) is 4.53. The lowest BCUT2D eigenvalue weighted by Gasteiger charge is -2.07. The van der Waals surface area contributed by atoms with Crippen molar-refractivity contribution >= 4 is 11.6 Å². The van der Waals surface area contributed by atoms with Gasteiger partial charge in [0.05, 0.1) is 0 Å². The lowest BCUT2D eigenvalue weighted by molar-refractivity contribution is 0.0954. The van der Waals surface area contributed by atoms with E-state index in [1.165, 1.54) is 17.7 Å². The molecule has 4 nitrogen and oxygen atoms in total. The Labute approximate surface area is 124 Å². The van der Waals surface area contributed by atoms with Crippen LogP contribution in [0.4, 0.5) is 5.69 Å². The summed E-state index contributed by atoms with van der Waals surface area (Å²) in [5, 5.41) is 15.3. The van der Waals surface area contributed by atoms with Crippen molar-refractivity contribution in [2.45, 2.75) is 13.3 Å². The van der Waals surface area contributed by atoms with E-state index in [0.717, 1.165) is 18.7 Å². The van der Waals surface area contributed by atoms with E-state index in [1.807, 2.05) is 12.1 Å². The molecule has 1 amide bonds. The highest BCUT2D eigenvalue weighted by molar-refractivity contribution is 5.94. The zero-order valence-electron chi connectivity index (χ0n) is 12.1. The van der Waals surface area contributed by atoms with Gasteiger partial charge in [-0.05, 0) is 55.3 Å². The molecule has 0 aliphatic heterocycles. The van der Waals surface area contributed by atoms with Crippen molar-refractivity contribution in [1.82, 2.24) is 5.32 Å². The lowest BCUT2D eigenvalue weighted by atomic mass is 10.1. The molecular weight excluding hydrogens is 264 g/mol. The Morgan fingerprint density at radius 2 is 1.71 bits per heavy atom. The molecule has 0 saturated carbocycles. The summed E-state index contributed by atoms with van der Waals surface area (Å²) >= 11 is 0. The Balaban J connectivity index is 1.80. The van der Waals surface area contributed by atoms with E-state index in [4.69, 9.17) is 0 Å². The normalized spacial score (nSPS) is 10.1. The molecule has 0 heterocycles. The van der Waals surface area contributed by atoms with E-state index in [9.17, 15) is 9.90 Å². The largest absolute Gasteiger partial charge is 0.508 e. The van der Waals surface area contributed by atoms with Gasteiger partial charge >= 0.3 is 0 Å². The van der Waals surface area contributed by atoms with Gasteiger partial charge in [-0.3, -0.25) is 4.79 Å². The number of anilines is 1. The number of benzene rings is 2. The fourth-order valence-corrected chi connectivity index (χ4v) is 2.03. The zero-order valence-corrected chi connectivity index (χ0v) is 12.1. The fraction of sp³-hybridized carbons (Fsp3) is 0.235. The number of phenolic OH excluding ortho intramolecular Hbond substituents is 1. The van der Waals surface area contributed by atoms with Crippen LogP contribution in [0.3, 0.4) is 0 Å². The predicted molar refractivity (Wildman–Crippen MR) is 84.7 cm³/mol. The minimum absolute atomic E-state index is 0.126. The summed E-state index contributed by atoms with van der Waals surface area (Å²) in [6, 6.07) is 14.4. The zero-order chi connectivity index (χ0) is 15.1. The van der Waals surface area contributed by atoms with Gasteiger partial charge < -0.3 is 15.7 Å². The number of hydrogen-bond donors (Lipinski definition) is 3. The maximum atomic E-state index is 11.9. The number of rotatable bonds is 6. The van der Waals surface area contributed by atoms with E-state index in [0.29, 0.717) is 12.1 Å². The SMILES string of the molecule is CCNc1ccc(CCNC(=O)c2ccc(O)cc2)cc1. The minimum Gasteiger partial charge on any atom is -0.508 e. The number of nitrogens with one attached hydrogen (secondary N) is 2.